The van der Waals surface area contributed by atoms with Crippen molar-refractivity contribution in [1.29, 1.82) is 5.26 Å². The van der Waals surface area contributed by atoms with Crippen LogP contribution in [0.3, 0.4) is 0 Å². The molecule has 1 aromatic carbocycles. The molecule has 0 saturated carbocycles. The molecule has 0 spiro atoms. The van der Waals surface area contributed by atoms with Crippen LogP contribution in [0.1, 0.15) is 6.92 Å². The topological polar surface area (TPSA) is 57.9 Å². The molecule has 0 N–H and O–H groups in total. The van der Waals surface area contributed by atoms with Gasteiger partial charge in [0.1, 0.15) is 5.25 Å². The smallest absolute Gasteiger partial charge is 0.194 e. The van der Waals surface area contributed by atoms with E-state index >= 15 is 0 Å². The maximum absolute atomic E-state index is 11.6. The average molecular weight is 274 g/mol. The van der Waals surface area contributed by atoms with Crippen LogP contribution in [-0.2, 0) is 9.84 Å². The van der Waals surface area contributed by atoms with Crippen LogP contribution < -0.4 is 0 Å². The Balaban J connectivity index is 3.19. The largest absolute Gasteiger partial charge is 0.222 e. The highest BCUT2D eigenvalue weighted by Gasteiger charge is 2.22. The van der Waals surface area contributed by atoms with Gasteiger partial charge >= 0.3 is 0 Å². The Morgan fingerprint density at radius 1 is 1.36 bits per heavy atom. The monoisotopic (exact) mass is 273 g/mol. The fourth-order valence-corrected chi connectivity index (χ4v) is 2.22. The zero-order valence-corrected chi connectivity index (χ0v) is 9.84. The molecule has 0 aliphatic heterocycles. The summed E-state index contributed by atoms with van der Waals surface area (Å²) < 4.78 is 24.1. The van der Waals surface area contributed by atoms with E-state index in [1.54, 1.807) is 18.2 Å². The maximum atomic E-state index is 11.6. The van der Waals surface area contributed by atoms with Gasteiger partial charge in [-0.2, -0.15) is 5.26 Å². The second kappa shape index (κ2) is 4.11. The van der Waals surface area contributed by atoms with Gasteiger partial charge in [0.2, 0.25) is 0 Å². The van der Waals surface area contributed by atoms with Gasteiger partial charge in [0, 0.05) is 4.47 Å². The lowest BCUT2D eigenvalue weighted by molar-refractivity contribution is 0.592. The van der Waals surface area contributed by atoms with Crippen LogP contribution in [0, 0.1) is 11.3 Å². The van der Waals surface area contributed by atoms with E-state index in [9.17, 15) is 8.42 Å². The summed E-state index contributed by atoms with van der Waals surface area (Å²) in [5, 5.41) is 7.54. The van der Waals surface area contributed by atoms with Crippen molar-refractivity contribution in [3.05, 3.63) is 28.7 Å². The highest BCUT2D eigenvalue weighted by Crippen LogP contribution is 2.18. The normalized spacial score (nSPS) is 13.2. The lowest BCUT2D eigenvalue weighted by atomic mass is 10.4. The van der Waals surface area contributed by atoms with Crippen molar-refractivity contribution in [2.45, 2.75) is 17.1 Å². The summed E-state index contributed by atoms with van der Waals surface area (Å²) in [5.41, 5.74) is 0. The molecule has 0 radical (unpaired) electrons. The van der Waals surface area contributed by atoms with E-state index in [4.69, 9.17) is 5.26 Å². The summed E-state index contributed by atoms with van der Waals surface area (Å²) in [4.78, 5) is 0.176. The lowest BCUT2D eigenvalue weighted by Gasteiger charge is -2.05. The molecular weight excluding hydrogens is 266 g/mol. The first kappa shape index (κ1) is 11.2. The van der Waals surface area contributed by atoms with Crippen molar-refractivity contribution in [1.82, 2.24) is 0 Å². The summed E-state index contributed by atoms with van der Waals surface area (Å²) in [7, 11) is -3.49. The number of hydrogen-bond donors (Lipinski definition) is 0. The third-order valence-electron chi connectivity index (χ3n) is 1.79. The molecule has 0 amide bonds. The lowest BCUT2D eigenvalue weighted by Crippen LogP contribution is -2.15. The molecule has 0 aliphatic carbocycles. The Bertz CT molecular complexity index is 459. The number of halogens is 1. The van der Waals surface area contributed by atoms with Gasteiger partial charge in [-0.1, -0.05) is 15.9 Å². The molecule has 3 nitrogen and oxygen atoms in total. The van der Waals surface area contributed by atoms with Gasteiger partial charge in [-0.15, -0.1) is 0 Å². The van der Waals surface area contributed by atoms with E-state index in [0.717, 1.165) is 4.47 Å². The van der Waals surface area contributed by atoms with E-state index in [0.29, 0.717) is 0 Å². The zero-order chi connectivity index (χ0) is 10.8. The molecule has 0 fully saturated rings. The second-order valence-electron chi connectivity index (χ2n) is 2.77. The number of nitrogens with zero attached hydrogens (tertiary/aromatic N) is 1. The van der Waals surface area contributed by atoms with Crippen LogP contribution in [0.4, 0.5) is 0 Å². The third-order valence-corrected chi connectivity index (χ3v) is 4.28. The SMILES string of the molecule is CC(C#N)S(=O)(=O)c1ccc(Br)cc1. The summed E-state index contributed by atoms with van der Waals surface area (Å²) in [6.45, 7) is 1.37. The summed E-state index contributed by atoms with van der Waals surface area (Å²) in [6, 6.07) is 7.95. The maximum Gasteiger partial charge on any atom is 0.194 e. The fraction of sp³-hybridized carbons (Fsp3) is 0.222. The molecule has 1 unspecified atom stereocenters. The predicted molar refractivity (Wildman–Crippen MR) is 56.4 cm³/mol. The van der Waals surface area contributed by atoms with Gasteiger partial charge < -0.3 is 0 Å². The van der Waals surface area contributed by atoms with Crippen molar-refractivity contribution in [2.75, 3.05) is 0 Å². The molecule has 0 saturated heterocycles. The molecule has 14 heavy (non-hydrogen) atoms. The first-order valence-corrected chi connectivity index (χ1v) is 6.21. The van der Waals surface area contributed by atoms with Crippen molar-refractivity contribution in [2.24, 2.45) is 0 Å². The third kappa shape index (κ3) is 2.14. The molecule has 1 rings (SSSR count). The van der Waals surface area contributed by atoms with Gasteiger partial charge in [0.05, 0.1) is 11.0 Å². The van der Waals surface area contributed by atoms with Gasteiger partial charge in [-0.3, -0.25) is 0 Å². The van der Waals surface area contributed by atoms with Gasteiger partial charge in [0.25, 0.3) is 0 Å². The number of nitriles is 1. The summed E-state index contributed by atoms with van der Waals surface area (Å²) in [6.07, 6.45) is 0. The Kier molecular flexibility index (Phi) is 3.29. The van der Waals surface area contributed by atoms with Gasteiger partial charge in [-0.05, 0) is 31.2 Å². The number of sulfone groups is 1. The van der Waals surface area contributed by atoms with Crippen molar-refractivity contribution < 1.29 is 8.42 Å². The van der Waals surface area contributed by atoms with Crippen molar-refractivity contribution >= 4 is 25.8 Å². The average Bonchev–Trinajstić information content (AvgIpc) is 2.17. The van der Waals surface area contributed by atoms with E-state index < -0.39 is 15.1 Å². The minimum atomic E-state index is -3.49. The molecule has 0 bridgehead atoms. The van der Waals surface area contributed by atoms with E-state index in [2.05, 4.69) is 15.9 Å². The van der Waals surface area contributed by atoms with Crippen molar-refractivity contribution in [3.63, 3.8) is 0 Å². The molecule has 74 valence electrons. The van der Waals surface area contributed by atoms with Crippen LogP contribution in [-0.4, -0.2) is 13.7 Å². The van der Waals surface area contributed by atoms with Gasteiger partial charge in [0.15, 0.2) is 9.84 Å². The second-order valence-corrected chi connectivity index (χ2v) is 5.95. The quantitative estimate of drug-likeness (QED) is 0.830. The molecule has 5 heteroatoms. The molecule has 0 aliphatic rings. The van der Waals surface area contributed by atoms with E-state index in [1.807, 2.05) is 0 Å². The predicted octanol–water partition coefficient (Wildman–Crippen LogP) is 2.13. The minimum absolute atomic E-state index is 0.176. The van der Waals surface area contributed by atoms with Gasteiger partial charge in [-0.25, -0.2) is 8.42 Å². The molecule has 1 atom stereocenters. The highest BCUT2D eigenvalue weighted by atomic mass is 79.9. The molecule has 0 heterocycles. The molecule has 0 aromatic heterocycles. The number of hydrogen-bond acceptors (Lipinski definition) is 3. The number of benzene rings is 1. The van der Waals surface area contributed by atoms with Crippen LogP contribution in [0.15, 0.2) is 33.6 Å². The first-order chi connectivity index (χ1) is 6.48. The Morgan fingerprint density at radius 3 is 2.29 bits per heavy atom. The van der Waals surface area contributed by atoms with E-state index in [-0.39, 0.29) is 4.90 Å². The first-order valence-electron chi connectivity index (χ1n) is 3.87. The van der Waals surface area contributed by atoms with Crippen LogP contribution in [0.5, 0.6) is 0 Å². The van der Waals surface area contributed by atoms with Crippen LogP contribution in [0.25, 0.3) is 0 Å². The summed E-state index contributed by atoms with van der Waals surface area (Å²) >= 11 is 3.21. The van der Waals surface area contributed by atoms with Crippen LogP contribution in [0.2, 0.25) is 0 Å². The zero-order valence-electron chi connectivity index (χ0n) is 7.44. The van der Waals surface area contributed by atoms with Crippen LogP contribution >= 0.6 is 15.9 Å². The highest BCUT2D eigenvalue weighted by molar-refractivity contribution is 9.10. The van der Waals surface area contributed by atoms with E-state index in [1.165, 1.54) is 19.1 Å². The molecule has 1 aromatic rings. The number of rotatable bonds is 2. The Hall–Kier alpha value is -0.860. The Labute approximate surface area is 91.4 Å². The Morgan fingerprint density at radius 2 is 1.86 bits per heavy atom. The fourth-order valence-electron chi connectivity index (χ4n) is 0.898. The van der Waals surface area contributed by atoms with Crippen molar-refractivity contribution in [3.8, 4) is 6.07 Å². The minimum Gasteiger partial charge on any atom is -0.222 e. The standard InChI is InChI=1S/C9H8BrNO2S/c1-7(6-11)14(12,13)9-4-2-8(10)3-5-9/h2-5,7H,1H3. The molecular formula is C9H8BrNO2S. The summed E-state index contributed by atoms with van der Waals surface area (Å²) in [5.74, 6) is 0.